The van der Waals surface area contributed by atoms with Gasteiger partial charge >= 0.3 is 0 Å². The van der Waals surface area contributed by atoms with Crippen LogP contribution < -0.4 is 16.2 Å². The lowest BCUT2D eigenvalue weighted by atomic mass is 9.69. The summed E-state index contributed by atoms with van der Waals surface area (Å²) in [6.07, 6.45) is 5.39. The van der Waals surface area contributed by atoms with Gasteiger partial charge in [0.15, 0.2) is 0 Å². The van der Waals surface area contributed by atoms with Crippen LogP contribution in [0.4, 0.5) is 5.69 Å². The van der Waals surface area contributed by atoms with Gasteiger partial charge in [0.1, 0.15) is 12.2 Å². The minimum atomic E-state index is -0.376. The number of carbonyl (C=O) groups is 2. The third-order valence-electron chi connectivity index (χ3n) is 6.68. The Morgan fingerprint density at radius 3 is 2.75 bits per heavy atom. The average Bonchev–Trinajstić information content (AvgIpc) is 2.85. The molecule has 2 bridgehead atoms. The second-order valence-corrected chi connectivity index (χ2v) is 7.85. The molecule has 130 valence electrons. The maximum absolute atomic E-state index is 12.5. The second kappa shape index (κ2) is 5.76. The molecular weight excluding hydrogens is 306 g/mol. The molecule has 6 heteroatoms. The van der Waals surface area contributed by atoms with Crippen LogP contribution in [0.2, 0.25) is 0 Å². The van der Waals surface area contributed by atoms with Crippen LogP contribution in [0.3, 0.4) is 0 Å². The highest BCUT2D eigenvalue weighted by atomic mass is 16.2. The molecule has 2 N–H and O–H groups in total. The van der Waals surface area contributed by atoms with Gasteiger partial charge in [0, 0.05) is 12.2 Å². The average molecular weight is 331 g/mol. The van der Waals surface area contributed by atoms with Crippen molar-refractivity contribution in [2.45, 2.75) is 52.6 Å². The van der Waals surface area contributed by atoms with Gasteiger partial charge in [0.05, 0.1) is 0 Å². The summed E-state index contributed by atoms with van der Waals surface area (Å²) in [4.78, 5) is 35.2. The summed E-state index contributed by atoms with van der Waals surface area (Å²) in [5, 5.41) is 5.50. The van der Waals surface area contributed by atoms with E-state index in [2.05, 4.69) is 31.4 Å². The van der Waals surface area contributed by atoms with Gasteiger partial charge in [0.25, 0.3) is 5.56 Å². The Morgan fingerprint density at radius 2 is 2.17 bits per heavy atom. The van der Waals surface area contributed by atoms with Gasteiger partial charge in [-0.05, 0) is 48.1 Å². The zero-order valence-electron chi connectivity index (χ0n) is 14.5. The predicted molar refractivity (Wildman–Crippen MR) is 91.5 cm³/mol. The fraction of sp³-hybridized carbons (Fsp3) is 0.611. The molecular formula is C18H25N3O3. The molecule has 3 unspecified atom stereocenters. The lowest BCUT2D eigenvalue weighted by molar-refractivity contribution is -0.123. The van der Waals surface area contributed by atoms with Crippen molar-refractivity contribution in [3.8, 4) is 0 Å². The second-order valence-electron chi connectivity index (χ2n) is 7.85. The molecule has 2 amide bonds. The van der Waals surface area contributed by atoms with Crippen LogP contribution in [-0.4, -0.2) is 22.9 Å². The fourth-order valence-electron chi connectivity index (χ4n) is 4.65. The molecule has 1 aromatic heterocycles. The molecule has 3 atom stereocenters. The van der Waals surface area contributed by atoms with Crippen LogP contribution >= 0.6 is 0 Å². The van der Waals surface area contributed by atoms with E-state index in [4.69, 9.17) is 0 Å². The molecule has 1 aromatic rings. The van der Waals surface area contributed by atoms with E-state index in [1.807, 2.05) is 0 Å². The van der Waals surface area contributed by atoms with E-state index in [-0.39, 0.29) is 40.6 Å². The van der Waals surface area contributed by atoms with Gasteiger partial charge in [-0.1, -0.05) is 20.8 Å². The van der Waals surface area contributed by atoms with E-state index in [1.54, 1.807) is 12.3 Å². The molecule has 0 spiro atoms. The molecule has 2 aliphatic rings. The Kier molecular flexibility index (Phi) is 4.01. The quantitative estimate of drug-likeness (QED) is 0.807. The molecule has 2 fully saturated rings. The number of amides is 2. The number of anilines is 1. The maximum Gasteiger partial charge on any atom is 0.274 e. The van der Waals surface area contributed by atoms with Crippen LogP contribution in [0.25, 0.3) is 0 Å². The van der Waals surface area contributed by atoms with Crippen molar-refractivity contribution < 1.29 is 9.59 Å². The molecule has 2 saturated carbocycles. The van der Waals surface area contributed by atoms with E-state index < -0.39 is 0 Å². The Labute approximate surface area is 141 Å². The van der Waals surface area contributed by atoms with Gasteiger partial charge in [-0.2, -0.15) is 0 Å². The van der Waals surface area contributed by atoms with Crippen LogP contribution in [-0.2, 0) is 16.1 Å². The molecule has 2 aliphatic carbocycles. The number of hydrogen-bond acceptors (Lipinski definition) is 3. The van der Waals surface area contributed by atoms with Crippen molar-refractivity contribution in [3.05, 3.63) is 28.7 Å². The molecule has 0 radical (unpaired) electrons. The number of fused-ring (bicyclic) bond motifs is 2. The highest BCUT2D eigenvalue weighted by molar-refractivity contribution is 5.76. The summed E-state index contributed by atoms with van der Waals surface area (Å²) < 4.78 is 1.32. The number of aromatic nitrogens is 1. The number of rotatable bonds is 5. The molecule has 24 heavy (non-hydrogen) atoms. The summed E-state index contributed by atoms with van der Waals surface area (Å²) in [7, 11) is 0. The number of hydrogen-bond donors (Lipinski definition) is 2. The topological polar surface area (TPSA) is 80.2 Å². The van der Waals surface area contributed by atoms with Crippen molar-refractivity contribution in [2.75, 3.05) is 5.32 Å². The van der Waals surface area contributed by atoms with Crippen LogP contribution in [0, 0.1) is 16.7 Å². The first-order chi connectivity index (χ1) is 11.3. The van der Waals surface area contributed by atoms with Crippen LogP contribution in [0.15, 0.2) is 23.1 Å². The standard InChI is InChI=1S/C18H25N3O3/c1-17(2)12-6-7-18(17,3)14(9-12)20-15(23)10-21-8-4-5-13(16(21)24)19-11-22/h4-5,8,11-12,14H,6-7,9-10H2,1-3H3,(H,19,22)(H,20,23). The summed E-state index contributed by atoms with van der Waals surface area (Å²) in [6, 6.07) is 3.32. The van der Waals surface area contributed by atoms with Crippen molar-refractivity contribution in [1.29, 1.82) is 0 Å². The third kappa shape index (κ3) is 2.44. The highest BCUT2D eigenvalue weighted by Crippen LogP contribution is 2.65. The van der Waals surface area contributed by atoms with E-state index >= 15 is 0 Å². The number of nitrogens with one attached hydrogen (secondary N) is 2. The largest absolute Gasteiger partial charge is 0.351 e. The minimum absolute atomic E-state index is 0.0368. The van der Waals surface area contributed by atoms with Gasteiger partial charge in [-0.25, -0.2) is 0 Å². The Morgan fingerprint density at radius 1 is 1.42 bits per heavy atom. The van der Waals surface area contributed by atoms with Crippen LogP contribution in [0.1, 0.15) is 40.0 Å². The first-order valence-corrected chi connectivity index (χ1v) is 8.48. The Bertz CT molecular complexity index is 724. The number of carbonyl (C=O) groups excluding carboxylic acids is 2. The summed E-state index contributed by atoms with van der Waals surface area (Å²) in [5.41, 5.74) is 0.141. The fourth-order valence-corrected chi connectivity index (χ4v) is 4.65. The van der Waals surface area contributed by atoms with E-state index in [1.165, 1.54) is 17.1 Å². The predicted octanol–water partition coefficient (Wildman–Crippen LogP) is 1.75. The molecule has 1 heterocycles. The number of nitrogens with zero attached hydrogens (tertiary/aromatic N) is 1. The van der Waals surface area contributed by atoms with Crippen molar-refractivity contribution in [2.24, 2.45) is 16.7 Å². The van der Waals surface area contributed by atoms with E-state index in [0.29, 0.717) is 12.3 Å². The van der Waals surface area contributed by atoms with Crippen molar-refractivity contribution >= 4 is 18.0 Å². The lowest BCUT2D eigenvalue weighted by Crippen LogP contribution is -2.48. The van der Waals surface area contributed by atoms with E-state index in [9.17, 15) is 14.4 Å². The van der Waals surface area contributed by atoms with Crippen LogP contribution in [0.5, 0.6) is 0 Å². The lowest BCUT2D eigenvalue weighted by Gasteiger charge is -2.39. The molecule has 0 aliphatic heterocycles. The highest BCUT2D eigenvalue weighted by Gasteiger charge is 2.61. The summed E-state index contributed by atoms with van der Waals surface area (Å²) >= 11 is 0. The normalized spacial score (nSPS) is 30.1. The van der Waals surface area contributed by atoms with E-state index in [0.717, 1.165) is 12.8 Å². The summed E-state index contributed by atoms with van der Waals surface area (Å²) in [6.45, 7) is 6.84. The van der Waals surface area contributed by atoms with Gasteiger partial charge in [-0.3, -0.25) is 14.4 Å². The maximum atomic E-state index is 12.5. The zero-order chi connectivity index (χ0) is 17.5. The minimum Gasteiger partial charge on any atom is -0.351 e. The van der Waals surface area contributed by atoms with Gasteiger partial charge in [0.2, 0.25) is 12.3 Å². The van der Waals surface area contributed by atoms with Gasteiger partial charge < -0.3 is 15.2 Å². The third-order valence-corrected chi connectivity index (χ3v) is 6.68. The molecule has 0 aromatic carbocycles. The smallest absolute Gasteiger partial charge is 0.274 e. The summed E-state index contributed by atoms with van der Waals surface area (Å²) in [5.74, 6) is 0.491. The molecule has 6 nitrogen and oxygen atoms in total. The van der Waals surface area contributed by atoms with Crippen molar-refractivity contribution in [1.82, 2.24) is 9.88 Å². The van der Waals surface area contributed by atoms with Crippen molar-refractivity contribution in [3.63, 3.8) is 0 Å². The first-order valence-electron chi connectivity index (χ1n) is 8.48. The van der Waals surface area contributed by atoms with Gasteiger partial charge in [-0.15, -0.1) is 0 Å². The SMILES string of the molecule is CC1(C)C2CCC1(C)C(NC(=O)Cn1cccc(NC=O)c1=O)C2. The first kappa shape index (κ1) is 16.7. The number of pyridine rings is 1. The molecule has 3 rings (SSSR count). The Balaban J connectivity index is 1.71. The Hall–Kier alpha value is -2.11. The zero-order valence-corrected chi connectivity index (χ0v) is 14.5. The monoisotopic (exact) mass is 331 g/mol. The molecule has 0 saturated heterocycles.